The summed E-state index contributed by atoms with van der Waals surface area (Å²) in [5, 5.41) is 11.5. The van der Waals surface area contributed by atoms with Gasteiger partial charge in [-0.3, -0.25) is 0 Å². The van der Waals surface area contributed by atoms with Crippen LogP contribution in [0.3, 0.4) is 0 Å². The van der Waals surface area contributed by atoms with Crippen molar-refractivity contribution in [2.45, 2.75) is 33.1 Å². The van der Waals surface area contributed by atoms with E-state index in [0.717, 1.165) is 22.3 Å². The highest BCUT2D eigenvalue weighted by atomic mass is 16.5. The largest absolute Gasteiger partial charge is 0.497 e. The maximum atomic E-state index is 12.9. The van der Waals surface area contributed by atoms with Gasteiger partial charge in [0.2, 0.25) is 0 Å². The van der Waals surface area contributed by atoms with Gasteiger partial charge in [-0.2, -0.15) is 0 Å². The van der Waals surface area contributed by atoms with Crippen LogP contribution in [0.15, 0.2) is 109 Å². The summed E-state index contributed by atoms with van der Waals surface area (Å²) >= 11 is 0. The molecule has 0 unspecified atom stereocenters. The summed E-state index contributed by atoms with van der Waals surface area (Å²) < 4.78 is 10.4. The smallest absolute Gasteiger partial charge is 0.323 e. The number of amides is 4. The topological polar surface area (TPSA) is 101 Å². The number of nitrogens with one attached hydrogen (secondary N) is 4. The van der Waals surface area contributed by atoms with E-state index in [0.29, 0.717) is 45.4 Å². The molecule has 0 bridgehead atoms. The van der Waals surface area contributed by atoms with Crippen LogP contribution in [0, 0.1) is 30.6 Å². The van der Waals surface area contributed by atoms with Gasteiger partial charge in [-0.1, -0.05) is 62.7 Å². The lowest BCUT2D eigenvalue weighted by Crippen LogP contribution is -2.20. The van der Waals surface area contributed by atoms with Crippen molar-refractivity contribution in [3.63, 3.8) is 0 Å². The van der Waals surface area contributed by atoms with Crippen molar-refractivity contribution < 1.29 is 19.1 Å². The molecule has 4 amide bonds. The van der Waals surface area contributed by atoms with E-state index in [2.05, 4.69) is 65.7 Å². The van der Waals surface area contributed by atoms with Crippen LogP contribution in [0.5, 0.6) is 11.5 Å². The standard InChI is InChI=1S/C43H40N4O4/c1-29-10-24-39(46-41(48)44-35-16-20-37(50-5)21-17-35)32(26-29)13-11-30-8-7-9-31(27-30)12-14-33-28-34(43(2,3)4)15-25-40(33)47-42(49)45-36-18-22-38(51-6)23-19-36/h7-10,15-28H,1-6H3,(H2,44,46,48)(H2,45,47,49). The first-order valence-electron chi connectivity index (χ1n) is 16.3. The van der Waals surface area contributed by atoms with Crippen molar-refractivity contribution in [1.82, 2.24) is 0 Å². The first-order chi connectivity index (χ1) is 24.5. The second kappa shape index (κ2) is 16.2. The lowest BCUT2D eigenvalue weighted by Gasteiger charge is -2.20. The molecule has 0 aliphatic rings. The Morgan fingerprint density at radius 2 is 1.02 bits per heavy atom. The predicted octanol–water partition coefficient (Wildman–Crippen LogP) is 9.40. The number of rotatable bonds is 6. The average Bonchev–Trinajstić information content (AvgIpc) is 3.11. The lowest BCUT2D eigenvalue weighted by atomic mass is 9.86. The van der Waals surface area contributed by atoms with Gasteiger partial charge in [-0.15, -0.1) is 0 Å². The number of hydrogen-bond acceptors (Lipinski definition) is 4. The number of urea groups is 2. The summed E-state index contributed by atoms with van der Waals surface area (Å²) in [5.74, 6) is 14.4. The van der Waals surface area contributed by atoms with Crippen LogP contribution in [0.2, 0.25) is 0 Å². The zero-order valence-electron chi connectivity index (χ0n) is 29.5. The van der Waals surface area contributed by atoms with E-state index in [9.17, 15) is 9.59 Å². The lowest BCUT2D eigenvalue weighted by molar-refractivity contribution is 0.261. The molecule has 0 heterocycles. The van der Waals surface area contributed by atoms with E-state index >= 15 is 0 Å². The monoisotopic (exact) mass is 676 g/mol. The molecule has 0 saturated heterocycles. The van der Waals surface area contributed by atoms with Gasteiger partial charge >= 0.3 is 12.1 Å². The van der Waals surface area contributed by atoms with Crippen LogP contribution in [0.25, 0.3) is 0 Å². The molecule has 0 aromatic heterocycles. The molecule has 5 aromatic rings. The summed E-state index contributed by atoms with van der Waals surface area (Å²) in [5.41, 5.74) is 7.33. The van der Waals surface area contributed by atoms with E-state index in [4.69, 9.17) is 9.47 Å². The fraction of sp³-hybridized carbons (Fsp3) is 0.163. The molecule has 0 aliphatic heterocycles. The number of hydrogen-bond donors (Lipinski definition) is 4. The zero-order chi connectivity index (χ0) is 36.4. The van der Waals surface area contributed by atoms with E-state index in [-0.39, 0.29) is 17.5 Å². The van der Waals surface area contributed by atoms with Crippen molar-refractivity contribution in [2.24, 2.45) is 0 Å². The number of methoxy groups -OCH3 is 2. The van der Waals surface area contributed by atoms with Crippen LogP contribution in [0.1, 0.15) is 54.2 Å². The number of benzene rings is 5. The maximum absolute atomic E-state index is 12.9. The molecule has 5 rings (SSSR count). The van der Waals surface area contributed by atoms with Gasteiger partial charge in [0.1, 0.15) is 11.5 Å². The average molecular weight is 677 g/mol. The van der Waals surface area contributed by atoms with Gasteiger partial charge in [-0.05, 0) is 114 Å². The number of carbonyl (C=O) groups is 2. The summed E-state index contributed by atoms with van der Waals surface area (Å²) in [4.78, 5) is 25.7. The van der Waals surface area contributed by atoms with Gasteiger partial charge in [0, 0.05) is 33.6 Å². The molecule has 5 aromatic carbocycles. The van der Waals surface area contributed by atoms with E-state index < -0.39 is 0 Å². The van der Waals surface area contributed by atoms with Gasteiger partial charge in [0.05, 0.1) is 25.6 Å². The Hall–Kier alpha value is -6.64. The fourth-order valence-corrected chi connectivity index (χ4v) is 4.97. The third-order valence-electron chi connectivity index (χ3n) is 7.80. The Kier molecular flexibility index (Phi) is 11.3. The molecule has 8 nitrogen and oxygen atoms in total. The van der Waals surface area contributed by atoms with Crippen LogP contribution < -0.4 is 30.7 Å². The third kappa shape index (κ3) is 10.2. The second-order valence-corrected chi connectivity index (χ2v) is 12.8. The Labute approximate surface area is 299 Å². The first kappa shape index (κ1) is 35.7. The minimum absolute atomic E-state index is 0.115. The molecule has 0 saturated carbocycles. The van der Waals surface area contributed by atoms with Gasteiger partial charge in [0.15, 0.2) is 0 Å². The number of ether oxygens (including phenoxy) is 2. The van der Waals surface area contributed by atoms with Crippen LogP contribution in [-0.4, -0.2) is 26.3 Å². The van der Waals surface area contributed by atoms with Crippen molar-refractivity contribution in [1.29, 1.82) is 0 Å². The van der Waals surface area contributed by atoms with Gasteiger partial charge in [0.25, 0.3) is 0 Å². The molecular formula is C43H40N4O4. The normalized spacial score (nSPS) is 10.4. The van der Waals surface area contributed by atoms with Gasteiger partial charge in [-0.25, -0.2) is 9.59 Å². The highest BCUT2D eigenvalue weighted by molar-refractivity contribution is 6.01. The summed E-state index contributed by atoms with van der Waals surface area (Å²) in [6.45, 7) is 8.37. The molecule has 0 aliphatic carbocycles. The number of aryl methyl sites for hydroxylation is 1. The van der Waals surface area contributed by atoms with Crippen molar-refractivity contribution in [3.8, 4) is 35.2 Å². The highest BCUT2D eigenvalue weighted by Gasteiger charge is 2.16. The Morgan fingerprint density at radius 1 is 0.549 bits per heavy atom. The quantitative estimate of drug-likeness (QED) is 0.135. The fourth-order valence-electron chi connectivity index (χ4n) is 4.97. The molecule has 0 radical (unpaired) electrons. The Morgan fingerprint density at radius 3 is 1.49 bits per heavy atom. The zero-order valence-corrected chi connectivity index (χ0v) is 29.5. The van der Waals surface area contributed by atoms with E-state index in [1.807, 2.05) is 67.6 Å². The van der Waals surface area contributed by atoms with Crippen molar-refractivity contribution in [2.75, 3.05) is 35.5 Å². The Balaban J connectivity index is 1.35. The Bertz CT molecular complexity index is 2160. The van der Waals surface area contributed by atoms with Crippen molar-refractivity contribution in [3.05, 3.63) is 143 Å². The minimum atomic E-state index is -0.382. The predicted molar refractivity (Wildman–Crippen MR) is 206 cm³/mol. The first-order valence-corrected chi connectivity index (χ1v) is 16.3. The van der Waals surface area contributed by atoms with E-state index in [1.54, 1.807) is 62.8 Å². The molecule has 0 fully saturated rings. The van der Waals surface area contributed by atoms with Crippen LogP contribution >= 0.6 is 0 Å². The van der Waals surface area contributed by atoms with Crippen LogP contribution in [0.4, 0.5) is 32.3 Å². The minimum Gasteiger partial charge on any atom is -0.497 e. The summed E-state index contributed by atoms with van der Waals surface area (Å²) in [6, 6.07) is 32.7. The van der Waals surface area contributed by atoms with Crippen molar-refractivity contribution >= 4 is 34.8 Å². The molecular weight excluding hydrogens is 636 g/mol. The van der Waals surface area contributed by atoms with Gasteiger partial charge < -0.3 is 30.7 Å². The molecule has 256 valence electrons. The van der Waals surface area contributed by atoms with E-state index in [1.165, 1.54) is 0 Å². The molecule has 8 heteroatoms. The summed E-state index contributed by atoms with van der Waals surface area (Å²) in [7, 11) is 3.19. The molecule has 4 N–H and O–H groups in total. The van der Waals surface area contributed by atoms with Crippen LogP contribution in [-0.2, 0) is 5.41 Å². The maximum Gasteiger partial charge on any atom is 0.323 e. The third-order valence-corrected chi connectivity index (χ3v) is 7.80. The highest BCUT2D eigenvalue weighted by Crippen LogP contribution is 2.27. The SMILES string of the molecule is COc1ccc(NC(=O)Nc2ccc(C)cc2C#Cc2cccc(C#Cc3cc(C(C)(C)C)ccc3NC(=O)Nc3ccc(OC)cc3)c2)cc1. The molecule has 51 heavy (non-hydrogen) atoms. The number of anilines is 4. The number of carbonyl (C=O) groups excluding carboxylic acids is 2. The summed E-state index contributed by atoms with van der Waals surface area (Å²) in [6.07, 6.45) is 0. The second-order valence-electron chi connectivity index (χ2n) is 12.8. The molecule has 0 spiro atoms. The molecule has 0 atom stereocenters.